The van der Waals surface area contributed by atoms with E-state index in [0.717, 1.165) is 6.08 Å². The molecule has 0 heterocycles. The van der Waals surface area contributed by atoms with Gasteiger partial charge in [0.15, 0.2) is 0 Å². The van der Waals surface area contributed by atoms with Crippen LogP contribution in [0.4, 0.5) is 0 Å². The van der Waals surface area contributed by atoms with Crippen molar-refractivity contribution in [2.45, 2.75) is 13.3 Å². The second kappa shape index (κ2) is 7.73. The molecule has 0 bridgehead atoms. The summed E-state index contributed by atoms with van der Waals surface area (Å²) < 4.78 is 0. The average Bonchev–Trinajstić information content (AvgIpc) is 2.22. The minimum Gasteiger partial charge on any atom is -0.356 e. The predicted molar refractivity (Wildman–Crippen MR) is 56.1 cm³/mol. The summed E-state index contributed by atoms with van der Waals surface area (Å²) in [5, 5.41) is 2.63. The highest BCUT2D eigenvalue weighted by Crippen LogP contribution is 1.90. The lowest BCUT2D eigenvalue weighted by atomic mass is 10.3. The van der Waals surface area contributed by atoms with Crippen LogP contribution in [0.1, 0.15) is 13.3 Å². The molecule has 0 fully saturated rings. The number of likely N-dealkylation sites (N-methyl/N-ethyl adjacent to an activating group) is 1. The van der Waals surface area contributed by atoms with E-state index in [1.165, 1.54) is 11.0 Å². The van der Waals surface area contributed by atoms with Crippen LogP contribution in [0.3, 0.4) is 0 Å². The molecule has 0 spiro atoms. The monoisotopic (exact) mass is 212 g/mol. The lowest BCUT2D eigenvalue weighted by molar-refractivity contribution is -0.126. The fourth-order valence-electron chi connectivity index (χ4n) is 0.914. The van der Waals surface area contributed by atoms with E-state index < -0.39 is 0 Å². The molecule has 5 nitrogen and oxygen atoms in total. The molecule has 0 rings (SSSR count). The molecule has 84 valence electrons. The van der Waals surface area contributed by atoms with Crippen molar-refractivity contribution in [3.63, 3.8) is 0 Å². The highest BCUT2D eigenvalue weighted by molar-refractivity contribution is 5.91. The Bertz CT molecular complexity index is 261. The van der Waals surface area contributed by atoms with E-state index in [-0.39, 0.29) is 18.2 Å². The van der Waals surface area contributed by atoms with Gasteiger partial charge in [-0.1, -0.05) is 0 Å². The molecule has 1 N–H and O–H groups in total. The minimum absolute atomic E-state index is 0.0866. The van der Waals surface area contributed by atoms with Crippen LogP contribution in [0, 0.1) is 0 Å². The highest BCUT2D eigenvalue weighted by atomic mass is 16.2. The molecular formula is C10H16N2O3. The van der Waals surface area contributed by atoms with E-state index in [4.69, 9.17) is 0 Å². The minimum atomic E-state index is -0.286. The molecular weight excluding hydrogens is 196 g/mol. The number of carbonyl (C=O) groups is 3. The van der Waals surface area contributed by atoms with Gasteiger partial charge in [0.2, 0.25) is 11.8 Å². The van der Waals surface area contributed by atoms with E-state index in [1.807, 2.05) is 6.92 Å². The summed E-state index contributed by atoms with van der Waals surface area (Å²) in [7, 11) is 1.58. The Kier molecular flexibility index (Phi) is 6.88. The number of aldehydes is 1. The van der Waals surface area contributed by atoms with Crippen LogP contribution in [0.25, 0.3) is 0 Å². The summed E-state index contributed by atoms with van der Waals surface area (Å²) in [5.74, 6) is -0.372. The van der Waals surface area contributed by atoms with E-state index in [2.05, 4.69) is 5.32 Å². The van der Waals surface area contributed by atoms with Crippen LogP contribution >= 0.6 is 0 Å². The number of amides is 2. The number of rotatable bonds is 6. The molecule has 2 amide bonds. The summed E-state index contributed by atoms with van der Waals surface area (Å²) in [6.07, 6.45) is 3.11. The third-order valence-electron chi connectivity index (χ3n) is 1.74. The Morgan fingerprint density at radius 2 is 2.07 bits per heavy atom. The standard InChI is InChI=1S/C10H16N2O3/c1-3-11-9(14)6-7-12(2)10(15)5-4-8-13/h4-5,8H,3,6-7H2,1-2H3,(H,11,14)/b5-4-. The number of hydrogen-bond acceptors (Lipinski definition) is 3. The molecule has 0 aliphatic rings. The zero-order valence-electron chi connectivity index (χ0n) is 9.03. The maximum Gasteiger partial charge on any atom is 0.246 e. The van der Waals surface area contributed by atoms with Gasteiger partial charge in [-0.15, -0.1) is 0 Å². The normalized spacial score (nSPS) is 10.0. The fraction of sp³-hybridized carbons (Fsp3) is 0.500. The van der Waals surface area contributed by atoms with Gasteiger partial charge in [0.25, 0.3) is 0 Å². The lowest BCUT2D eigenvalue weighted by Crippen LogP contribution is -2.31. The highest BCUT2D eigenvalue weighted by Gasteiger charge is 2.06. The Balaban J connectivity index is 3.87. The summed E-state index contributed by atoms with van der Waals surface area (Å²) in [6.45, 7) is 2.76. The van der Waals surface area contributed by atoms with Crippen molar-refractivity contribution >= 4 is 18.1 Å². The van der Waals surface area contributed by atoms with Gasteiger partial charge >= 0.3 is 0 Å². The molecule has 0 radical (unpaired) electrons. The number of allylic oxidation sites excluding steroid dienone is 1. The largest absolute Gasteiger partial charge is 0.356 e. The zero-order valence-corrected chi connectivity index (χ0v) is 9.03. The number of nitrogens with one attached hydrogen (secondary N) is 1. The summed E-state index contributed by atoms with van der Waals surface area (Å²) in [6, 6.07) is 0. The summed E-state index contributed by atoms with van der Waals surface area (Å²) in [5.41, 5.74) is 0. The first-order valence-electron chi connectivity index (χ1n) is 4.75. The Labute approximate surface area is 89.1 Å². The van der Waals surface area contributed by atoms with Gasteiger partial charge in [0, 0.05) is 32.6 Å². The van der Waals surface area contributed by atoms with Crippen molar-refractivity contribution in [2.75, 3.05) is 20.1 Å². The molecule has 0 saturated carbocycles. The molecule has 0 saturated heterocycles. The van der Waals surface area contributed by atoms with E-state index >= 15 is 0 Å². The van der Waals surface area contributed by atoms with Gasteiger partial charge in [-0.25, -0.2) is 0 Å². The Hall–Kier alpha value is -1.65. The molecule has 0 atom stereocenters. The van der Waals surface area contributed by atoms with Gasteiger partial charge in [-0.3, -0.25) is 14.4 Å². The van der Waals surface area contributed by atoms with Gasteiger partial charge < -0.3 is 10.2 Å². The summed E-state index contributed by atoms with van der Waals surface area (Å²) in [4.78, 5) is 33.6. The molecule has 0 aliphatic heterocycles. The van der Waals surface area contributed by atoms with Crippen LogP contribution < -0.4 is 5.32 Å². The smallest absolute Gasteiger partial charge is 0.246 e. The van der Waals surface area contributed by atoms with Crippen molar-refractivity contribution in [1.82, 2.24) is 10.2 Å². The van der Waals surface area contributed by atoms with Crippen molar-refractivity contribution in [2.24, 2.45) is 0 Å². The molecule has 5 heteroatoms. The maximum atomic E-state index is 11.2. The van der Waals surface area contributed by atoms with Gasteiger partial charge in [-0.05, 0) is 13.0 Å². The van der Waals surface area contributed by atoms with Gasteiger partial charge in [0.05, 0.1) is 0 Å². The number of hydrogen-bond donors (Lipinski definition) is 1. The molecule has 0 aromatic carbocycles. The third kappa shape index (κ3) is 6.42. The number of nitrogens with zero attached hydrogens (tertiary/aromatic N) is 1. The van der Waals surface area contributed by atoms with Gasteiger partial charge in [0.1, 0.15) is 6.29 Å². The second-order valence-corrected chi connectivity index (χ2v) is 2.96. The predicted octanol–water partition coefficient (Wildman–Crippen LogP) is -0.274. The lowest BCUT2D eigenvalue weighted by Gasteiger charge is -2.14. The SMILES string of the molecule is CCNC(=O)CCN(C)C(=O)/C=C\C=O. The van der Waals surface area contributed by atoms with Crippen molar-refractivity contribution in [3.8, 4) is 0 Å². The van der Waals surface area contributed by atoms with Crippen molar-refractivity contribution in [3.05, 3.63) is 12.2 Å². The first kappa shape index (κ1) is 13.4. The topological polar surface area (TPSA) is 66.5 Å². The van der Waals surface area contributed by atoms with E-state index in [1.54, 1.807) is 7.05 Å². The Morgan fingerprint density at radius 1 is 1.40 bits per heavy atom. The van der Waals surface area contributed by atoms with Gasteiger partial charge in [-0.2, -0.15) is 0 Å². The fourth-order valence-corrected chi connectivity index (χ4v) is 0.914. The second-order valence-electron chi connectivity index (χ2n) is 2.96. The van der Waals surface area contributed by atoms with Crippen LogP contribution in [0.15, 0.2) is 12.2 Å². The van der Waals surface area contributed by atoms with Crippen LogP contribution in [0.2, 0.25) is 0 Å². The quantitative estimate of drug-likeness (QED) is 0.486. The molecule has 0 aliphatic carbocycles. The maximum absolute atomic E-state index is 11.2. The first-order valence-corrected chi connectivity index (χ1v) is 4.75. The third-order valence-corrected chi connectivity index (χ3v) is 1.74. The number of carbonyl (C=O) groups excluding carboxylic acids is 3. The zero-order chi connectivity index (χ0) is 11.7. The van der Waals surface area contributed by atoms with Crippen LogP contribution in [-0.2, 0) is 14.4 Å². The summed E-state index contributed by atoms with van der Waals surface area (Å²) >= 11 is 0. The van der Waals surface area contributed by atoms with Crippen LogP contribution in [0.5, 0.6) is 0 Å². The van der Waals surface area contributed by atoms with E-state index in [0.29, 0.717) is 19.4 Å². The van der Waals surface area contributed by atoms with E-state index in [9.17, 15) is 14.4 Å². The molecule has 0 aromatic rings. The molecule has 15 heavy (non-hydrogen) atoms. The van der Waals surface area contributed by atoms with Crippen molar-refractivity contribution < 1.29 is 14.4 Å². The van der Waals surface area contributed by atoms with Crippen molar-refractivity contribution in [1.29, 1.82) is 0 Å². The first-order chi connectivity index (χ1) is 7.11. The van der Waals surface area contributed by atoms with Crippen LogP contribution in [-0.4, -0.2) is 43.1 Å². The average molecular weight is 212 g/mol. The molecule has 0 unspecified atom stereocenters. The molecule has 0 aromatic heterocycles. The Morgan fingerprint density at radius 3 is 2.60 bits per heavy atom.